The van der Waals surface area contributed by atoms with Crippen LogP contribution in [0.1, 0.15) is 45.1 Å². The summed E-state index contributed by atoms with van der Waals surface area (Å²) >= 11 is 0. The van der Waals surface area contributed by atoms with Crippen molar-refractivity contribution in [2.24, 2.45) is 17.6 Å². The molecule has 0 heterocycles. The number of carbonyl (C=O) groups is 1. The Balaban J connectivity index is 2.07. The molecule has 0 aliphatic heterocycles. The van der Waals surface area contributed by atoms with Gasteiger partial charge in [0, 0.05) is 6.54 Å². The number of hydrogen-bond acceptors (Lipinski definition) is 2. The molecule has 1 saturated carbocycles. The smallest absolute Gasteiger partial charge is 0.237 e. The zero-order valence-corrected chi connectivity index (χ0v) is 12.6. The van der Waals surface area contributed by atoms with E-state index >= 15 is 0 Å². The Hall–Kier alpha value is -1.35. The largest absolute Gasteiger partial charge is 0.368 e. The summed E-state index contributed by atoms with van der Waals surface area (Å²) < 4.78 is 0. The predicted octanol–water partition coefficient (Wildman–Crippen LogP) is 2.85. The number of rotatable bonds is 5. The van der Waals surface area contributed by atoms with Gasteiger partial charge in [-0.1, -0.05) is 57.0 Å². The van der Waals surface area contributed by atoms with Crippen LogP contribution in [0.2, 0.25) is 0 Å². The Bertz CT molecular complexity index is 444. The summed E-state index contributed by atoms with van der Waals surface area (Å²) in [4.78, 5) is 12.0. The fourth-order valence-electron chi connectivity index (χ4n) is 3.23. The van der Waals surface area contributed by atoms with Crippen molar-refractivity contribution in [3.05, 3.63) is 35.9 Å². The third-order valence-corrected chi connectivity index (χ3v) is 4.68. The molecule has 1 aromatic rings. The van der Waals surface area contributed by atoms with E-state index in [0.29, 0.717) is 18.4 Å². The van der Waals surface area contributed by atoms with Gasteiger partial charge >= 0.3 is 0 Å². The van der Waals surface area contributed by atoms with Gasteiger partial charge in [-0.2, -0.15) is 0 Å². The first-order valence-electron chi connectivity index (χ1n) is 7.62. The maximum absolute atomic E-state index is 12.0. The van der Waals surface area contributed by atoms with Gasteiger partial charge in [0.15, 0.2) is 0 Å². The predicted molar refractivity (Wildman–Crippen MR) is 82.0 cm³/mol. The van der Waals surface area contributed by atoms with E-state index in [2.05, 4.69) is 31.3 Å². The monoisotopic (exact) mass is 274 g/mol. The number of hydrogen-bond donors (Lipinski definition) is 2. The van der Waals surface area contributed by atoms with Crippen LogP contribution in [0.15, 0.2) is 30.3 Å². The van der Waals surface area contributed by atoms with Crippen LogP contribution in [0.5, 0.6) is 0 Å². The van der Waals surface area contributed by atoms with Crippen molar-refractivity contribution in [2.45, 2.75) is 51.6 Å². The Kier molecular flexibility index (Phi) is 4.81. The number of amides is 1. The van der Waals surface area contributed by atoms with E-state index in [-0.39, 0.29) is 5.91 Å². The van der Waals surface area contributed by atoms with Crippen molar-refractivity contribution in [2.75, 3.05) is 0 Å². The summed E-state index contributed by atoms with van der Waals surface area (Å²) in [6.45, 7) is 5.17. The van der Waals surface area contributed by atoms with Gasteiger partial charge in [0.2, 0.25) is 5.91 Å². The number of nitrogens with one attached hydrogen (secondary N) is 1. The fraction of sp³-hybridized carbons (Fsp3) is 0.588. The Morgan fingerprint density at radius 1 is 1.40 bits per heavy atom. The Morgan fingerprint density at radius 2 is 2.10 bits per heavy atom. The number of nitrogens with two attached hydrogens (primary N) is 1. The maximum atomic E-state index is 12.0. The van der Waals surface area contributed by atoms with Gasteiger partial charge in [-0.3, -0.25) is 10.1 Å². The third kappa shape index (κ3) is 3.40. The van der Waals surface area contributed by atoms with E-state index in [1.54, 1.807) is 0 Å². The molecule has 1 amide bonds. The highest BCUT2D eigenvalue weighted by Gasteiger charge is 2.41. The summed E-state index contributed by atoms with van der Waals surface area (Å²) in [5.41, 5.74) is 6.40. The van der Waals surface area contributed by atoms with Crippen LogP contribution in [-0.2, 0) is 11.3 Å². The lowest BCUT2D eigenvalue weighted by atomic mass is 9.71. The van der Waals surface area contributed by atoms with E-state index in [1.165, 1.54) is 12.0 Å². The van der Waals surface area contributed by atoms with Crippen LogP contribution in [-0.4, -0.2) is 11.4 Å². The van der Waals surface area contributed by atoms with E-state index in [0.717, 1.165) is 19.3 Å². The van der Waals surface area contributed by atoms with Crippen LogP contribution < -0.4 is 11.1 Å². The normalized spacial score (nSPS) is 26.6. The molecule has 2 rings (SSSR count). The SMILES string of the molecule is CC(C)C1CCCC(NCc2ccccc2)(C(N)=O)C1. The molecule has 0 bridgehead atoms. The molecule has 0 spiro atoms. The molecule has 0 radical (unpaired) electrons. The second-order valence-electron chi connectivity index (χ2n) is 6.39. The van der Waals surface area contributed by atoms with Crippen molar-refractivity contribution in [1.82, 2.24) is 5.32 Å². The molecule has 0 aromatic heterocycles. The molecule has 3 nitrogen and oxygen atoms in total. The van der Waals surface area contributed by atoms with Crippen molar-refractivity contribution >= 4 is 5.91 Å². The first kappa shape index (κ1) is 15.0. The lowest BCUT2D eigenvalue weighted by Gasteiger charge is -2.41. The second-order valence-corrected chi connectivity index (χ2v) is 6.39. The summed E-state index contributed by atoms with van der Waals surface area (Å²) in [5, 5.41) is 3.46. The molecule has 2 atom stereocenters. The van der Waals surface area contributed by atoms with Gasteiger partial charge < -0.3 is 5.73 Å². The standard InChI is InChI=1S/C17H26N2O/c1-13(2)15-9-6-10-17(11-15,16(18)20)19-12-14-7-4-3-5-8-14/h3-5,7-8,13,15,19H,6,9-12H2,1-2H3,(H2,18,20). The average Bonchev–Trinajstić information content (AvgIpc) is 2.46. The lowest BCUT2D eigenvalue weighted by Crippen LogP contribution is -2.57. The molecule has 1 aliphatic rings. The van der Waals surface area contributed by atoms with E-state index in [1.807, 2.05) is 18.2 Å². The van der Waals surface area contributed by atoms with Gasteiger partial charge in [-0.15, -0.1) is 0 Å². The minimum Gasteiger partial charge on any atom is -0.368 e. The Morgan fingerprint density at radius 3 is 2.70 bits per heavy atom. The van der Waals surface area contributed by atoms with E-state index in [9.17, 15) is 4.79 Å². The maximum Gasteiger partial charge on any atom is 0.237 e. The number of primary amides is 1. The molecule has 20 heavy (non-hydrogen) atoms. The first-order chi connectivity index (χ1) is 9.53. The molecule has 110 valence electrons. The van der Waals surface area contributed by atoms with Gasteiger partial charge in [0.1, 0.15) is 0 Å². The lowest BCUT2D eigenvalue weighted by molar-refractivity contribution is -0.126. The highest BCUT2D eigenvalue weighted by atomic mass is 16.1. The van der Waals surface area contributed by atoms with E-state index < -0.39 is 5.54 Å². The second kappa shape index (κ2) is 6.40. The fourth-order valence-corrected chi connectivity index (χ4v) is 3.23. The number of benzene rings is 1. The van der Waals surface area contributed by atoms with Crippen LogP contribution in [0, 0.1) is 11.8 Å². The van der Waals surface area contributed by atoms with Gasteiger partial charge in [-0.25, -0.2) is 0 Å². The zero-order chi connectivity index (χ0) is 14.6. The molecule has 3 N–H and O–H groups in total. The van der Waals surface area contributed by atoms with Crippen LogP contribution in [0.25, 0.3) is 0 Å². The first-order valence-corrected chi connectivity index (χ1v) is 7.62. The summed E-state index contributed by atoms with van der Waals surface area (Å²) in [6.07, 6.45) is 4.01. The Labute approximate surface area is 121 Å². The van der Waals surface area contributed by atoms with Crippen molar-refractivity contribution in [3.63, 3.8) is 0 Å². The molecule has 0 saturated heterocycles. The van der Waals surface area contributed by atoms with Crippen LogP contribution in [0.3, 0.4) is 0 Å². The summed E-state index contributed by atoms with van der Waals surface area (Å²) in [7, 11) is 0. The molecule has 1 aliphatic carbocycles. The van der Waals surface area contributed by atoms with Crippen LogP contribution in [0.4, 0.5) is 0 Å². The summed E-state index contributed by atoms with van der Waals surface area (Å²) in [6, 6.07) is 10.2. The van der Waals surface area contributed by atoms with Crippen molar-refractivity contribution in [1.29, 1.82) is 0 Å². The highest BCUT2D eigenvalue weighted by Crippen LogP contribution is 2.36. The van der Waals surface area contributed by atoms with Crippen molar-refractivity contribution in [3.8, 4) is 0 Å². The average molecular weight is 274 g/mol. The van der Waals surface area contributed by atoms with E-state index in [4.69, 9.17) is 5.73 Å². The highest BCUT2D eigenvalue weighted by molar-refractivity contribution is 5.84. The molecule has 2 unspecified atom stereocenters. The number of carbonyl (C=O) groups excluding carboxylic acids is 1. The molecular weight excluding hydrogens is 248 g/mol. The molecule has 1 fully saturated rings. The van der Waals surface area contributed by atoms with Gasteiger partial charge in [0.25, 0.3) is 0 Å². The van der Waals surface area contributed by atoms with Gasteiger partial charge in [-0.05, 0) is 30.2 Å². The third-order valence-electron chi connectivity index (χ3n) is 4.68. The molecule has 1 aromatic carbocycles. The quantitative estimate of drug-likeness (QED) is 0.867. The minimum absolute atomic E-state index is 0.196. The van der Waals surface area contributed by atoms with Crippen LogP contribution >= 0.6 is 0 Å². The minimum atomic E-state index is -0.525. The topological polar surface area (TPSA) is 55.1 Å². The zero-order valence-electron chi connectivity index (χ0n) is 12.6. The molecule has 3 heteroatoms. The van der Waals surface area contributed by atoms with Crippen molar-refractivity contribution < 1.29 is 4.79 Å². The van der Waals surface area contributed by atoms with Gasteiger partial charge in [0.05, 0.1) is 5.54 Å². The summed E-state index contributed by atoms with van der Waals surface area (Å²) in [5.74, 6) is 0.992. The molecular formula is C17H26N2O.